The lowest BCUT2D eigenvalue weighted by molar-refractivity contribution is -0.385. The van der Waals surface area contributed by atoms with Crippen LogP contribution >= 0.6 is 23.2 Å². The Bertz CT molecular complexity index is 420. The molecule has 0 N–H and O–H groups in total. The smallest absolute Gasteiger partial charge is 0.294 e. The molecule has 0 amide bonds. The molecule has 1 aromatic heterocycles. The quantitative estimate of drug-likeness (QED) is 0.357. The number of aromatic nitrogens is 1. The van der Waals surface area contributed by atoms with Crippen molar-refractivity contribution in [1.29, 1.82) is 0 Å². The Morgan fingerprint density at radius 2 is 2.20 bits per heavy atom. The molecule has 0 radical (unpaired) electrons. The minimum absolute atomic E-state index is 0.0451. The molecule has 0 bridgehead atoms. The summed E-state index contributed by atoms with van der Waals surface area (Å²) in [6, 6.07) is 1.23. The van der Waals surface area contributed by atoms with Gasteiger partial charge in [0, 0.05) is 0 Å². The first-order chi connectivity index (χ1) is 6.93. The van der Waals surface area contributed by atoms with Gasteiger partial charge in [-0.1, -0.05) is 23.2 Å². The lowest BCUT2D eigenvalue weighted by atomic mass is 10.1. The molecule has 0 aliphatic heterocycles. The lowest BCUT2D eigenvalue weighted by Crippen LogP contribution is -2.03. The zero-order chi connectivity index (χ0) is 11.6. The van der Waals surface area contributed by atoms with Gasteiger partial charge in [0.2, 0.25) is 0 Å². The van der Waals surface area contributed by atoms with Crippen LogP contribution in [0.4, 0.5) is 5.69 Å². The Morgan fingerprint density at radius 3 is 2.60 bits per heavy atom. The molecule has 1 aromatic rings. The molecule has 0 unspecified atom stereocenters. The maximum Gasteiger partial charge on any atom is 0.298 e. The number of hydrogen-bond acceptors (Lipinski definition) is 4. The molecule has 80 valence electrons. The second-order valence-electron chi connectivity index (χ2n) is 2.74. The van der Waals surface area contributed by atoms with Gasteiger partial charge in [0.05, 0.1) is 16.2 Å². The number of carbonyl (C=O) groups is 1. The Labute approximate surface area is 95.2 Å². The zero-order valence-corrected chi connectivity index (χ0v) is 9.12. The first kappa shape index (κ1) is 11.9. The lowest BCUT2D eigenvalue weighted by Gasteiger charge is -2.03. The number of hydrogen-bond donors (Lipinski definition) is 0. The van der Waals surface area contributed by atoms with Crippen LogP contribution in [0.25, 0.3) is 0 Å². The zero-order valence-electron chi connectivity index (χ0n) is 7.61. The molecular formula is C8H6Cl2N2O3. The van der Waals surface area contributed by atoms with Gasteiger partial charge in [-0.05, 0) is 13.0 Å². The average molecular weight is 249 g/mol. The molecule has 1 heterocycles. The topological polar surface area (TPSA) is 73.1 Å². The molecule has 7 heteroatoms. The van der Waals surface area contributed by atoms with Crippen molar-refractivity contribution in [2.24, 2.45) is 0 Å². The SMILES string of the molecule is CC(=O)c1cc(C(Cl)Cl)ncc1[N+](=O)[O-]. The van der Waals surface area contributed by atoms with E-state index >= 15 is 0 Å². The average Bonchev–Trinajstić information content (AvgIpc) is 2.16. The van der Waals surface area contributed by atoms with Crippen molar-refractivity contribution >= 4 is 34.7 Å². The number of nitrogens with zero attached hydrogens (tertiary/aromatic N) is 2. The number of Topliss-reactive ketones (excluding diaryl/α,β-unsaturated/α-hetero) is 1. The maximum absolute atomic E-state index is 11.1. The largest absolute Gasteiger partial charge is 0.298 e. The van der Waals surface area contributed by atoms with Crippen LogP contribution in [0.1, 0.15) is 27.8 Å². The predicted octanol–water partition coefficient (Wildman–Crippen LogP) is 2.67. The van der Waals surface area contributed by atoms with Gasteiger partial charge in [-0.3, -0.25) is 19.9 Å². The minimum atomic E-state index is -0.913. The predicted molar refractivity (Wildman–Crippen MR) is 55.3 cm³/mol. The first-order valence-electron chi connectivity index (χ1n) is 3.87. The third kappa shape index (κ3) is 2.64. The van der Waals surface area contributed by atoms with Crippen molar-refractivity contribution < 1.29 is 9.72 Å². The highest BCUT2D eigenvalue weighted by Crippen LogP contribution is 2.27. The van der Waals surface area contributed by atoms with E-state index < -0.39 is 15.5 Å². The van der Waals surface area contributed by atoms with Crippen molar-refractivity contribution in [1.82, 2.24) is 4.98 Å². The monoisotopic (exact) mass is 248 g/mol. The third-order valence-corrected chi connectivity index (χ3v) is 2.15. The van der Waals surface area contributed by atoms with Crippen LogP contribution in [-0.2, 0) is 0 Å². The number of nitro groups is 1. The van der Waals surface area contributed by atoms with Gasteiger partial charge in [0.1, 0.15) is 11.0 Å². The molecule has 5 nitrogen and oxygen atoms in total. The fourth-order valence-electron chi connectivity index (χ4n) is 1.01. The van der Waals surface area contributed by atoms with Crippen LogP contribution in [0.2, 0.25) is 0 Å². The van der Waals surface area contributed by atoms with Gasteiger partial charge in [-0.25, -0.2) is 0 Å². The molecule has 0 spiro atoms. The van der Waals surface area contributed by atoms with Gasteiger partial charge >= 0.3 is 0 Å². The van der Waals surface area contributed by atoms with E-state index in [9.17, 15) is 14.9 Å². The van der Waals surface area contributed by atoms with Gasteiger partial charge < -0.3 is 0 Å². The summed E-state index contributed by atoms with van der Waals surface area (Å²) < 4.78 is 0. The number of halogens is 2. The fraction of sp³-hybridized carbons (Fsp3) is 0.250. The standard InChI is InChI=1S/C8H6Cl2N2O3/c1-4(13)5-2-6(8(9)10)11-3-7(5)12(14)15/h2-3,8H,1H3. The van der Waals surface area contributed by atoms with E-state index in [1.807, 2.05) is 0 Å². The van der Waals surface area contributed by atoms with Gasteiger partial charge in [-0.2, -0.15) is 0 Å². The van der Waals surface area contributed by atoms with Gasteiger partial charge in [-0.15, -0.1) is 0 Å². The van der Waals surface area contributed by atoms with Gasteiger partial charge in [0.15, 0.2) is 5.78 Å². The summed E-state index contributed by atoms with van der Waals surface area (Å²) in [7, 11) is 0. The van der Waals surface area contributed by atoms with Crippen LogP contribution in [0, 0.1) is 10.1 Å². The van der Waals surface area contributed by atoms with Crippen molar-refractivity contribution in [2.75, 3.05) is 0 Å². The Hall–Kier alpha value is -1.20. The highest BCUT2D eigenvalue weighted by molar-refractivity contribution is 6.43. The second kappa shape index (κ2) is 4.55. The number of pyridine rings is 1. The van der Waals surface area contributed by atoms with Crippen LogP contribution in [0.5, 0.6) is 0 Å². The van der Waals surface area contributed by atoms with E-state index in [1.54, 1.807) is 0 Å². The maximum atomic E-state index is 11.1. The summed E-state index contributed by atoms with van der Waals surface area (Å²) in [6.45, 7) is 1.23. The summed E-state index contributed by atoms with van der Waals surface area (Å²) in [5.74, 6) is -0.431. The molecule has 0 saturated heterocycles. The van der Waals surface area contributed by atoms with E-state index in [1.165, 1.54) is 13.0 Å². The first-order valence-corrected chi connectivity index (χ1v) is 4.74. The minimum Gasteiger partial charge on any atom is -0.294 e. The molecule has 15 heavy (non-hydrogen) atoms. The summed E-state index contributed by atoms with van der Waals surface area (Å²) in [4.78, 5) is 23.8. The summed E-state index contributed by atoms with van der Waals surface area (Å²) in [5.41, 5.74) is -0.175. The molecule has 1 rings (SSSR count). The van der Waals surface area contributed by atoms with E-state index in [0.717, 1.165) is 6.20 Å². The molecule has 0 fully saturated rings. The number of carbonyl (C=O) groups excluding carboxylic acids is 1. The van der Waals surface area contributed by atoms with E-state index in [0.29, 0.717) is 0 Å². The molecule has 0 aliphatic rings. The van der Waals surface area contributed by atoms with Crippen molar-refractivity contribution in [2.45, 2.75) is 11.8 Å². The normalized spacial score (nSPS) is 10.4. The number of rotatable bonds is 3. The summed E-state index contributed by atoms with van der Waals surface area (Å²) in [6.07, 6.45) is 0.976. The van der Waals surface area contributed by atoms with Crippen LogP contribution in [0.3, 0.4) is 0 Å². The number of ketones is 1. The highest BCUT2D eigenvalue weighted by Gasteiger charge is 2.20. The Morgan fingerprint density at radius 1 is 1.60 bits per heavy atom. The van der Waals surface area contributed by atoms with E-state index in [2.05, 4.69) is 4.98 Å². The molecule has 0 saturated carbocycles. The fourth-order valence-corrected chi connectivity index (χ4v) is 1.25. The Kier molecular flexibility index (Phi) is 3.60. The van der Waals surface area contributed by atoms with Crippen molar-refractivity contribution in [3.05, 3.63) is 33.6 Å². The van der Waals surface area contributed by atoms with E-state index in [4.69, 9.17) is 23.2 Å². The van der Waals surface area contributed by atoms with Crippen molar-refractivity contribution in [3.63, 3.8) is 0 Å². The second-order valence-corrected chi connectivity index (χ2v) is 3.84. The Balaban J connectivity index is 3.33. The molecule has 0 aliphatic carbocycles. The van der Waals surface area contributed by atoms with Crippen LogP contribution in [0.15, 0.2) is 12.3 Å². The molecular weight excluding hydrogens is 243 g/mol. The van der Waals surface area contributed by atoms with E-state index in [-0.39, 0.29) is 16.9 Å². The molecule has 0 aromatic carbocycles. The van der Waals surface area contributed by atoms with Crippen molar-refractivity contribution in [3.8, 4) is 0 Å². The van der Waals surface area contributed by atoms with Crippen LogP contribution in [-0.4, -0.2) is 15.7 Å². The van der Waals surface area contributed by atoms with Gasteiger partial charge in [0.25, 0.3) is 5.69 Å². The third-order valence-electron chi connectivity index (χ3n) is 1.70. The summed E-state index contributed by atoms with van der Waals surface area (Å²) >= 11 is 11.1. The number of alkyl halides is 2. The van der Waals surface area contributed by atoms with Crippen LogP contribution < -0.4 is 0 Å². The molecule has 0 atom stereocenters. The summed E-state index contributed by atoms with van der Waals surface area (Å²) in [5, 5.41) is 10.6. The highest BCUT2D eigenvalue weighted by atomic mass is 35.5.